The number of rotatable bonds is 3. The first-order chi connectivity index (χ1) is 12.3. The summed E-state index contributed by atoms with van der Waals surface area (Å²) in [6.45, 7) is 0. The van der Waals surface area contributed by atoms with Crippen molar-refractivity contribution in [1.82, 2.24) is 4.98 Å². The SMILES string of the molecule is COc1cccc2cc(-c3ncc(-c4ccccc4)s3)c(=NO)oc12. The Morgan fingerprint density at radius 3 is 2.72 bits per heavy atom. The lowest BCUT2D eigenvalue weighted by molar-refractivity contribution is 0.276. The molecule has 124 valence electrons. The zero-order valence-corrected chi connectivity index (χ0v) is 14.2. The standard InChI is InChI=1S/C19H14N2O3S/c1-23-15-9-5-8-13-10-14(18(21-22)24-17(13)15)19-20-11-16(25-19)12-6-3-2-4-7-12/h2-11,22H,1H3. The van der Waals surface area contributed by atoms with Crippen molar-refractivity contribution in [2.45, 2.75) is 0 Å². The van der Waals surface area contributed by atoms with Crippen molar-refractivity contribution in [1.29, 1.82) is 0 Å². The molecule has 2 heterocycles. The average molecular weight is 350 g/mol. The third kappa shape index (κ3) is 2.77. The Morgan fingerprint density at radius 2 is 1.96 bits per heavy atom. The monoisotopic (exact) mass is 350 g/mol. The molecule has 0 atom stereocenters. The quantitative estimate of drug-likeness (QED) is 0.436. The number of nitrogens with zero attached hydrogens (tertiary/aromatic N) is 2. The van der Waals surface area contributed by atoms with Crippen LogP contribution in [0.15, 0.2) is 70.4 Å². The Hall–Kier alpha value is -3.12. The van der Waals surface area contributed by atoms with Gasteiger partial charge in [0, 0.05) is 11.6 Å². The lowest BCUT2D eigenvalue weighted by Crippen LogP contribution is -2.05. The summed E-state index contributed by atoms with van der Waals surface area (Å²) in [5.74, 6) is 0.582. The van der Waals surface area contributed by atoms with Crippen molar-refractivity contribution in [2.75, 3.05) is 7.11 Å². The topological polar surface area (TPSA) is 67.9 Å². The molecule has 0 fully saturated rings. The van der Waals surface area contributed by atoms with Crippen LogP contribution in [-0.4, -0.2) is 17.3 Å². The molecule has 0 saturated carbocycles. The molecule has 0 bridgehead atoms. The van der Waals surface area contributed by atoms with Crippen molar-refractivity contribution >= 4 is 22.3 Å². The summed E-state index contributed by atoms with van der Waals surface area (Å²) in [5.41, 5.74) is 2.36. The molecule has 5 nitrogen and oxygen atoms in total. The smallest absolute Gasteiger partial charge is 0.266 e. The van der Waals surface area contributed by atoms with Crippen LogP contribution in [0.25, 0.3) is 32.0 Å². The average Bonchev–Trinajstić information content (AvgIpc) is 3.17. The van der Waals surface area contributed by atoms with Crippen molar-refractivity contribution in [2.24, 2.45) is 5.16 Å². The number of ether oxygens (including phenoxy) is 1. The summed E-state index contributed by atoms with van der Waals surface area (Å²) < 4.78 is 11.1. The van der Waals surface area contributed by atoms with Crippen LogP contribution in [0.4, 0.5) is 0 Å². The van der Waals surface area contributed by atoms with Gasteiger partial charge in [0.05, 0.1) is 17.6 Å². The maximum absolute atomic E-state index is 9.39. The molecule has 4 aromatic rings. The second kappa shape index (κ2) is 6.41. The molecule has 0 radical (unpaired) electrons. The van der Waals surface area contributed by atoms with Gasteiger partial charge in [0.25, 0.3) is 5.55 Å². The Bertz CT molecular complexity index is 1100. The Labute approximate surface area is 147 Å². The molecule has 0 aliphatic heterocycles. The van der Waals surface area contributed by atoms with E-state index < -0.39 is 0 Å². The van der Waals surface area contributed by atoms with Crippen LogP contribution < -0.4 is 10.3 Å². The predicted octanol–water partition coefficient (Wildman–Crippen LogP) is 4.52. The summed E-state index contributed by atoms with van der Waals surface area (Å²) in [4.78, 5) is 5.51. The van der Waals surface area contributed by atoms with E-state index in [4.69, 9.17) is 9.15 Å². The van der Waals surface area contributed by atoms with Crippen molar-refractivity contribution < 1.29 is 14.4 Å². The highest BCUT2D eigenvalue weighted by atomic mass is 32.1. The van der Waals surface area contributed by atoms with Crippen LogP contribution in [-0.2, 0) is 0 Å². The van der Waals surface area contributed by atoms with Crippen LogP contribution in [0.3, 0.4) is 0 Å². The van der Waals surface area contributed by atoms with Gasteiger partial charge in [-0.25, -0.2) is 4.98 Å². The number of hydrogen-bond donors (Lipinski definition) is 1. The molecule has 0 aliphatic rings. The molecular weight excluding hydrogens is 336 g/mol. The Morgan fingerprint density at radius 1 is 1.12 bits per heavy atom. The predicted molar refractivity (Wildman–Crippen MR) is 96.7 cm³/mol. The van der Waals surface area contributed by atoms with Crippen LogP contribution in [0.5, 0.6) is 5.75 Å². The number of para-hydroxylation sites is 1. The number of benzene rings is 2. The summed E-state index contributed by atoms with van der Waals surface area (Å²) in [6, 6.07) is 17.5. The molecule has 0 spiro atoms. The summed E-state index contributed by atoms with van der Waals surface area (Å²) in [5, 5.41) is 14.3. The lowest BCUT2D eigenvalue weighted by atomic mass is 10.2. The third-order valence-corrected chi connectivity index (χ3v) is 4.92. The van der Waals surface area contributed by atoms with Gasteiger partial charge in [-0.1, -0.05) is 42.5 Å². The van der Waals surface area contributed by atoms with E-state index in [-0.39, 0.29) is 5.55 Å². The highest BCUT2D eigenvalue weighted by Gasteiger charge is 2.14. The highest BCUT2D eigenvalue weighted by molar-refractivity contribution is 7.18. The van der Waals surface area contributed by atoms with Gasteiger partial charge in [0.15, 0.2) is 11.3 Å². The van der Waals surface area contributed by atoms with Crippen molar-refractivity contribution in [3.05, 3.63) is 66.3 Å². The number of methoxy groups -OCH3 is 1. The number of aromatic nitrogens is 1. The van der Waals surface area contributed by atoms with Gasteiger partial charge in [0.1, 0.15) is 5.01 Å². The molecule has 0 saturated heterocycles. The molecule has 0 amide bonds. The first-order valence-corrected chi connectivity index (χ1v) is 8.42. The van der Waals surface area contributed by atoms with Gasteiger partial charge >= 0.3 is 0 Å². The minimum atomic E-state index is 0.103. The first-order valence-electron chi connectivity index (χ1n) is 7.61. The van der Waals surface area contributed by atoms with E-state index in [9.17, 15) is 5.21 Å². The van der Waals surface area contributed by atoms with Gasteiger partial charge in [0.2, 0.25) is 0 Å². The molecule has 2 aromatic carbocycles. The van der Waals surface area contributed by atoms with Gasteiger partial charge in [-0.2, -0.15) is 0 Å². The van der Waals surface area contributed by atoms with Gasteiger partial charge in [-0.05, 0) is 22.9 Å². The summed E-state index contributed by atoms with van der Waals surface area (Å²) in [6.07, 6.45) is 1.81. The molecule has 1 N–H and O–H groups in total. The lowest BCUT2D eigenvalue weighted by Gasteiger charge is -2.05. The zero-order chi connectivity index (χ0) is 17.2. The summed E-state index contributed by atoms with van der Waals surface area (Å²) >= 11 is 1.51. The Kier molecular flexibility index (Phi) is 3.95. The van der Waals surface area contributed by atoms with Crippen LogP contribution >= 0.6 is 11.3 Å². The fraction of sp³-hybridized carbons (Fsp3) is 0.0526. The van der Waals surface area contributed by atoms with E-state index >= 15 is 0 Å². The highest BCUT2D eigenvalue weighted by Crippen LogP contribution is 2.33. The van der Waals surface area contributed by atoms with E-state index in [1.165, 1.54) is 11.3 Å². The second-order valence-electron chi connectivity index (χ2n) is 5.34. The van der Waals surface area contributed by atoms with Gasteiger partial charge in [-0.3, -0.25) is 0 Å². The van der Waals surface area contributed by atoms with Crippen LogP contribution in [0.1, 0.15) is 0 Å². The normalized spacial score (nSPS) is 11.8. The Balaban J connectivity index is 1.89. The van der Waals surface area contributed by atoms with E-state index in [0.717, 1.165) is 20.8 Å². The largest absolute Gasteiger partial charge is 0.493 e. The van der Waals surface area contributed by atoms with Crippen LogP contribution in [0.2, 0.25) is 0 Å². The van der Waals surface area contributed by atoms with Crippen molar-refractivity contribution in [3.63, 3.8) is 0 Å². The molecule has 4 rings (SSSR count). The molecule has 6 heteroatoms. The number of fused-ring (bicyclic) bond motifs is 1. The second-order valence-corrected chi connectivity index (χ2v) is 6.37. The van der Waals surface area contributed by atoms with E-state index in [1.54, 1.807) is 13.2 Å². The molecular formula is C19H14N2O3S. The number of hydrogen-bond acceptors (Lipinski definition) is 6. The van der Waals surface area contributed by atoms with Gasteiger partial charge < -0.3 is 14.4 Å². The van der Waals surface area contributed by atoms with E-state index in [2.05, 4.69) is 10.1 Å². The first kappa shape index (κ1) is 15.4. The molecule has 25 heavy (non-hydrogen) atoms. The van der Waals surface area contributed by atoms with Crippen molar-refractivity contribution in [3.8, 4) is 26.8 Å². The summed E-state index contributed by atoms with van der Waals surface area (Å²) in [7, 11) is 1.57. The molecule has 2 aromatic heterocycles. The maximum Gasteiger partial charge on any atom is 0.266 e. The van der Waals surface area contributed by atoms with E-state index in [1.807, 2.05) is 54.7 Å². The van der Waals surface area contributed by atoms with Gasteiger partial charge in [-0.15, -0.1) is 11.3 Å². The molecule has 0 aliphatic carbocycles. The molecule has 0 unspecified atom stereocenters. The fourth-order valence-electron chi connectivity index (χ4n) is 2.65. The van der Waals surface area contributed by atoms with E-state index in [0.29, 0.717) is 16.9 Å². The fourth-order valence-corrected chi connectivity index (χ4v) is 3.58. The third-order valence-electron chi connectivity index (χ3n) is 3.84. The minimum Gasteiger partial charge on any atom is -0.493 e. The van der Waals surface area contributed by atoms with Crippen LogP contribution in [0, 0.1) is 0 Å². The number of thiazole rings is 1. The zero-order valence-electron chi connectivity index (χ0n) is 13.3. The maximum atomic E-state index is 9.39. The minimum absolute atomic E-state index is 0.103.